The van der Waals surface area contributed by atoms with Gasteiger partial charge in [-0.2, -0.15) is 22.2 Å². The third-order valence-electron chi connectivity index (χ3n) is 19.7. The van der Waals surface area contributed by atoms with Gasteiger partial charge in [-0.25, -0.2) is 0 Å². The molecule has 8 saturated carbocycles. The molecule has 6 heteroatoms. The van der Waals surface area contributed by atoms with Crippen LogP contribution in [0.4, 0.5) is 0 Å². The fourth-order valence-corrected chi connectivity index (χ4v) is 136. The smallest absolute Gasteiger partial charge is 0.151 e. The van der Waals surface area contributed by atoms with E-state index < -0.39 is 28.0 Å². The molecule has 8 rings (SSSR count). The van der Waals surface area contributed by atoms with Gasteiger partial charge in [0.25, 0.3) is 0 Å². The number of hydrogen-bond donors (Lipinski definition) is 0. The summed E-state index contributed by atoms with van der Waals surface area (Å²) in [6.45, 7) is -4.64. The third kappa shape index (κ3) is 7.45. The molecule has 0 aromatic carbocycles. The summed E-state index contributed by atoms with van der Waals surface area (Å²) in [5, 5.41) is 0. The van der Waals surface area contributed by atoms with Crippen molar-refractivity contribution in [3.05, 3.63) is 0 Å². The molecule has 0 nitrogen and oxygen atoms in total. The summed E-state index contributed by atoms with van der Waals surface area (Å²) < 4.78 is 0. The first-order valence-electron chi connectivity index (χ1n) is 26.0. The van der Waals surface area contributed by atoms with Crippen molar-refractivity contribution >= 4 is 50.2 Å². The van der Waals surface area contributed by atoms with Crippen molar-refractivity contribution in [1.82, 2.24) is 0 Å². The van der Waals surface area contributed by atoms with Gasteiger partial charge in [0, 0.05) is 0 Å². The minimum atomic E-state index is -2.32. The lowest BCUT2D eigenvalue weighted by Gasteiger charge is -2.75. The SMILES string of the molecule is Cl[Si](C1CCCCC1)(C1CCCCC1)[Si](C1CCCCC1)(C1CCCCC1)[Si](C1CCCCC1)(C1CCCCC1)[Si](Cl)(C1CCCCC1)C1CCCCC1. The van der Waals surface area contributed by atoms with Crippen molar-refractivity contribution in [3.8, 4) is 0 Å². The van der Waals surface area contributed by atoms with E-state index in [0.29, 0.717) is 0 Å². The van der Waals surface area contributed by atoms with Gasteiger partial charge in [0.2, 0.25) is 0 Å². The molecule has 0 amide bonds. The van der Waals surface area contributed by atoms with Crippen LogP contribution < -0.4 is 0 Å². The van der Waals surface area contributed by atoms with E-state index in [1.54, 1.807) is 154 Å². The molecule has 0 heterocycles. The van der Waals surface area contributed by atoms with Crippen LogP contribution in [0.2, 0.25) is 44.3 Å². The second kappa shape index (κ2) is 19.4. The molecule has 0 spiro atoms. The van der Waals surface area contributed by atoms with E-state index in [2.05, 4.69) is 0 Å². The summed E-state index contributed by atoms with van der Waals surface area (Å²) in [6.07, 6.45) is 62.4. The van der Waals surface area contributed by atoms with Gasteiger partial charge in [-0.05, 0) is 44.3 Å². The fraction of sp³-hybridized carbons (Fsp3) is 1.00. The zero-order chi connectivity index (χ0) is 36.9. The van der Waals surface area contributed by atoms with Crippen molar-refractivity contribution in [2.45, 2.75) is 301 Å². The van der Waals surface area contributed by atoms with Crippen molar-refractivity contribution < 1.29 is 0 Å². The monoisotopic (exact) mass is 847 g/mol. The van der Waals surface area contributed by atoms with Gasteiger partial charge in [-0.1, -0.05) is 257 Å². The standard InChI is InChI=1S/C48H88Cl2Si4/c49-51(41-25-9-1-10-26-41,42-27-11-2-12-28-42)53(45-33-17-5-18-34-45,46-35-19-6-20-36-46)54(47-37-21-7-22-38-47,48-39-23-8-24-40-48)52(50,43-29-13-3-14-30-43)44-31-15-4-16-32-44/h41-48H,1-40H2. The van der Waals surface area contributed by atoms with Gasteiger partial charge < -0.3 is 0 Å². The van der Waals surface area contributed by atoms with Crippen molar-refractivity contribution in [2.75, 3.05) is 0 Å². The van der Waals surface area contributed by atoms with Crippen LogP contribution in [0.5, 0.6) is 0 Å². The van der Waals surface area contributed by atoms with Crippen LogP contribution in [-0.2, 0) is 0 Å². The Morgan fingerprint density at radius 3 is 0.463 bits per heavy atom. The normalized spacial score (nSPS) is 29.4. The lowest BCUT2D eigenvalue weighted by molar-refractivity contribution is 0.433. The lowest BCUT2D eigenvalue weighted by Crippen LogP contribution is -2.92. The summed E-state index contributed by atoms with van der Waals surface area (Å²) in [5.74, 6) is 0. The molecule has 0 radical (unpaired) electrons. The molecule has 54 heavy (non-hydrogen) atoms. The topological polar surface area (TPSA) is 0 Å². The van der Waals surface area contributed by atoms with Crippen LogP contribution in [0, 0.1) is 0 Å². The molecule has 8 fully saturated rings. The Morgan fingerprint density at radius 2 is 0.315 bits per heavy atom. The quantitative estimate of drug-likeness (QED) is 0.144. The van der Waals surface area contributed by atoms with Crippen LogP contribution in [0.3, 0.4) is 0 Å². The Balaban J connectivity index is 1.52. The molecule has 0 bridgehead atoms. The lowest BCUT2D eigenvalue weighted by atomic mass is 9.99. The van der Waals surface area contributed by atoms with Crippen LogP contribution in [-0.4, -0.2) is 28.0 Å². The van der Waals surface area contributed by atoms with Crippen molar-refractivity contribution in [2.24, 2.45) is 0 Å². The van der Waals surface area contributed by atoms with Gasteiger partial charge >= 0.3 is 0 Å². The van der Waals surface area contributed by atoms with Crippen molar-refractivity contribution in [3.63, 3.8) is 0 Å². The highest BCUT2D eigenvalue weighted by Gasteiger charge is 2.83. The van der Waals surface area contributed by atoms with E-state index in [0.717, 1.165) is 44.3 Å². The van der Waals surface area contributed by atoms with Gasteiger partial charge in [-0.3, -0.25) is 0 Å². The van der Waals surface area contributed by atoms with Crippen LogP contribution in [0.25, 0.3) is 0 Å². The highest BCUT2D eigenvalue weighted by Crippen LogP contribution is 2.75. The molecule has 0 saturated heterocycles. The summed E-state index contributed by atoms with van der Waals surface area (Å²) in [5.41, 5.74) is 8.14. The van der Waals surface area contributed by atoms with E-state index in [-0.39, 0.29) is 0 Å². The first-order chi connectivity index (χ1) is 26.6. The van der Waals surface area contributed by atoms with Crippen molar-refractivity contribution in [1.29, 1.82) is 0 Å². The maximum absolute atomic E-state index is 10.1. The minimum Gasteiger partial charge on any atom is -0.170 e. The average Bonchev–Trinajstić information content (AvgIpc) is 3.27. The fourth-order valence-electron chi connectivity index (χ4n) is 18.2. The molecular weight excluding hydrogens is 760 g/mol. The van der Waals surface area contributed by atoms with E-state index in [9.17, 15) is 22.2 Å². The van der Waals surface area contributed by atoms with Crippen LogP contribution >= 0.6 is 22.2 Å². The van der Waals surface area contributed by atoms with Gasteiger partial charge in [-0.15, -0.1) is 0 Å². The average molecular weight is 848 g/mol. The van der Waals surface area contributed by atoms with Crippen LogP contribution in [0.1, 0.15) is 257 Å². The summed E-state index contributed by atoms with van der Waals surface area (Å²) in [6, 6.07) is 0. The number of halogens is 2. The van der Waals surface area contributed by atoms with E-state index in [4.69, 9.17) is 0 Å². The molecule has 0 aliphatic heterocycles. The highest BCUT2D eigenvalue weighted by molar-refractivity contribution is 7.95. The molecule has 0 aromatic rings. The molecule has 0 unspecified atom stereocenters. The Hall–Kier alpha value is 1.45. The number of hydrogen-bond acceptors (Lipinski definition) is 0. The first-order valence-corrected chi connectivity index (χ1v) is 39.6. The molecule has 8 aliphatic rings. The van der Waals surface area contributed by atoms with E-state index in [1.165, 1.54) is 103 Å². The zero-order valence-corrected chi connectivity index (χ0v) is 41.2. The zero-order valence-electron chi connectivity index (χ0n) is 35.7. The predicted octanol–water partition coefficient (Wildman–Crippen LogP) is 18.2. The Bertz CT molecular complexity index is 954. The summed E-state index contributed by atoms with van der Waals surface area (Å²) in [4.78, 5) is 0. The third-order valence-corrected chi connectivity index (χ3v) is 93.9. The maximum atomic E-state index is 10.1. The predicted molar refractivity (Wildman–Crippen MR) is 249 cm³/mol. The molecular formula is C48H88Cl2Si4. The Labute approximate surface area is 349 Å². The van der Waals surface area contributed by atoms with Gasteiger partial charge in [0.05, 0.1) is 14.2 Å². The first kappa shape index (κ1) is 42.2. The Kier molecular flexibility index (Phi) is 15.2. The molecule has 8 aliphatic carbocycles. The van der Waals surface area contributed by atoms with Crippen LogP contribution in [0.15, 0.2) is 0 Å². The molecule has 310 valence electrons. The molecule has 0 aromatic heterocycles. The summed E-state index contributed by atoms with van der Waals surface area (Å²) >= 11 is 20.2. The van der Waals surface area contributed by atoms with Gasteiger partial charge in [0.1, 0.15) is 0 Å². The molecule has 0 atom stereocenters. The highest BCUT2D eigenvalue weighted by atomic mass is 35.6. The molecule has 0 N–H and O–H groups in total. The number of rotatable bonds is 11. The maximum Gasteiger partial charge on any atom is 0.151 e. The van der Waals surface area contributed by atoms with E-state index >= 15 is 0 Å². The minimum absolute atomic E-state index is 0.957. The second-order valence-corrected chi connectivity index (χ2v) is 58.6. The van der Waals surface area contributed by atoms with Gasteiger partial charge in [0.15, 0.2) is 13.8 Å². The second-order valence-electron chi connectivity index (χ2n) is 22.0. The van der Waals surface area contributed by atoms with E-state index in [1.807, 2.05) is 0 Å². The summed E-state index contributed by atoms with van der Waals surface area (Å²) in [7, 11) is -4.41. The Morgan fingerprint density at radius 1 is 0.185 bits per heavy atom. The largest absolute Gasteiger partial charge is 0.170 e.